The fourth-order valence-electron chi connectivity index (χ4n) is 3.25. The van der Waals surface area contributed by atoms with Gasteiger partial charge in [-0.25, -0.2) is 0 Å². The summed E-state index contributed by atoms with van der Waals surface area (Å²) in [4.78, 5) is 12.4. The second-order valence-electron chi connectivity index (χ2n) is 6.79. The molecule has 0 radical (unpaired) electrons. The number of hydrogen-bond donors (Lipinski definition) is 2. The zero-order valence-corrected chi connectivity index (χ0v) is 15.0. The molecule has 5 nitrogen and oxygen atoms in total. The van der Waals surface area contributed by atoms with Crippen LogP contribution in [-0.4, -0.2) is 28.8 Å². The van der Waals surface area contributed by atoms with Gasteiger partial charge < -0.3 is 10.6 Å². The molecule has 1 aliphatic heterocycles. The number of aromatic nitrogens is 2. The van der Waals surface area contributed by atoms with E-state index in [1.165, 1.54) is 24.8 Å². The molecule has 2 heterocycles. The number of anilines is 1. The Morgan fingerprint density at radius 2 is 2.12 bits per heavy atom. The molecule has 1 aliphatic rings. The highest BCUT2D eigenvalue weighted by Crippen LogP contribution is 2.17. The maximum atomic E-state index is 12.4. The van der Waals surface area contributed by atoms with Gasteiger partial charge in [0.05, 0.1) is 6.04 Å². The van der Waals surface area contributed by atoms with Crippen LogP contribution in [0.25, 0.3) is 0 Å². The number of benzene rings is 1. The van der Waals surface area contributed by atoms with Crippen LogP contribution in [0, 0.1) is 0 Å². The van der Waals surface area contributed by atoms with Crippen molar-refractivity contribution in [3.63, 3.8) is 0 Å². The van der Waals surface area contributed by atoms with Crippen LogP contribution in [0.15, 0.2) is 36.5 Å². The largest absolute Gasteiger partial charge is 0.321 e. The Balaban J connectivity index is 1.55. The first-order valence-electron chi connectivity index (χ1n) is 9.42. The third kappa shape index (κ3) is 4.92. The molecular formula is C20H28N4O. The van der Waals surface area contributed by atoms with Crippen LogP contribution >= 0.6 is 0 Å². The lowest BCUT2D eigenvalue weighted by atomic mass is 10.1. The summed E-state index contributed by atoms with van der Waals surface area (Å²) in [7, 11) is 0. The lowest BCUT2D eigenvalue weighted by Gasteiger charge is -2.22. The van der Waals surface area contributed by atoms with Crippen molar-refractivity contribution in [2.75, 3.05) is 18.4 Å². The van der Waals surface area contributed by atoms with Crippen LogP contribution in [-0.2, 0) is 6.42 Å². The van der Waals surface area contributed by atoms with Gasteiger partial charge in [-0.1, -0.05) is 31.9 Å². The zero-order valence-electron chi connectivity index (χ0n) is 15.0. The summed E-state index contributed by atoms with van der Waals surface area (Å²) in [5.41, 5.74) is 2.61. The Morgan fingerprint density at radius 1 is 1.28 bits per heavy atom. The minimum Gasteiger partial charge on any atom is -0.321 e. The van der Waals surface area contributed by atoms with Crippen LogP contribution in [0.3, 0.4) is 0 Å². The second-order valence-corrected chi connectivity index (χ2v) is 6.79. The maximum Gasteiger partial charge on any atom is 0.276 e. The summed E-state index contributed by atoms with van der Waals surface area (Å²) in [5, 5.41) is 10.8. The summed E-state index contributed by atoms with van der Waals surface area (Å²) >= 11 is 0. The third-order valence-corrected chi connectivity index (χ3v) is 4.77. The van der Waals surface area contributed by atoms with Crippen molar-refractivity contribution >= 4 is 11.6 Å². The molecule has 1 amide bonds. The van der Waals surface area contributed by atoms with Gasteiger partial charge in [0, 0.05) is 18.4 Å². The summed E-state index contributed by atoms with van der Waals surface area (Å²) in [6.07, 6.45) is 8.97. The number of nitrogens with zero attached hydrogens (tertiary/aromatic N) is 2. The minimum atomic E-state index is -0.152. The van der Waals surface area contributed by atoms with E-state index in [9.17, 15) is 4.79 Å². The van der Waals surface area contributed by atoms with Crippen molar-refractivity contribution in [2.24, 2.45) is 0 Å². The molecule has 2 N–H and O–H groups in total. The standard InChI is InChI=1S/C20H28N4O/c1-2-3-4-6-16-8-10-17(11-9-16)22-20(25)19-12-14-24(23-19)18-7-5-13-21-15-18/h8-12,14,18,21H,2-7,13,15H2,1H3,(H,22,25). The topological polar surface area (TPSA) is 59.0 Å². The number of carbonyl (C=O) groups excluding carboxylic acids is 1. The normalized spacial score (nSPS) is 17.4. The van der Waals surface area contributed by atoms with Gasteiger partial charge >= 0.3 is 0 Å². The van der Waals surface area contributed by atoms with Gasteiger partial charge in [-0.2, -0.15) is 5.10 Å². The molecule has 1 fully saturated rings. The van der Waals surface area contributed by atoms with Gasteiger partial charge in [0.15, 0.2) is 5.69 Å². The minimum absolute atomic E-state index is 0.152. The summed E-state index contributed by atoms with van der Waals surface area (Å²) < 4.78 is 1.91. The predicted octanol–water partition coefficient (Wildman–Crippen LogP) is 3.79. The van der Waals surface area contributed by atoms with Crippen molar-refractivity contribution in [1.82, 2.24) is 15.1 Å². The van der Waals surface area contributed by atoms with Crippen molar-refractivity contribution in [3.05, 3.63) is 47.8 Å². The van der Waals surface area contributed by atoms with Crippen molar-refractivity contribution in [2.45, 2.75) is 51.5 Å². The first-order valence-corrected chi connectivity index (χ1v) is 9.42. The van der Waals surface area contributed by atoms with Crippen LogP contribution in [0.4, 0.5) is 5.69 Å². The smallest absolute Gasteiger partial charge is 0.276 e. The molecule has 1 saturated heterocycles. The molecule has 134 valence electrons. The van der Waals surface area contributed by atoms with Gasteiger partial charge in [-0.15, -0.1) is 0 Å². The van der Waals surface area contributed by atoms with E-state index in [0.29, 0.717) is 11.7 Å². The van der Waals surface area contributed by atoms with E-state index >= 15 is 0 Å². The lowest BCUT2D eigenvalue weighted by Crippen LogP contribution is -2.32. The van der Waals surface area contributed by atoms with Gasteiger partial charge in [0.1, 0.15) is 0 Å². The predicted molar refractivity (Wildman–Crippen MR) is 101 cm³/mol. The fraction of sp³-hybridized carbons (Fsp3) is 0.500. The third-order valence-electron chi connectivity index (χ3n) is 4.77. The molecule has 3 rings (SSSR count). The van der Waals surface area contributed by atoms with E-state index in [0.717, 1.165) is 38.0 Å². The average Bonchev–Trinajstić information content (AvgIpc) is 3.14. The van der Waals surface area contributed by atoms with Crippen LogP contribution in [0.2, 0.25) is 0 Å². The molecule has 0 bridgehead atoms. The highest BCUT2D eigenvalue weighted by molar-refractivity contribution is 6.02. The number of unbranched alkanes of at least 4 members (excludes halogenated alkanes) is 2. The number of piperidine rings is 1. The highest BCUT2D eigenvalue weighted by atomic mass is 16.1. The molecule has 0 saturated carbocycles. The number of hydrogen-bond acceptors (Lipinski definition) is 3. The zero-order chi connectivity index (χ0) is 17.5. The maximum absolute atomic E-state index is 12.4. The molecule has 1 unspecified atom stereocenters. The van der Waals surface area contributed by atoms with E-state index in [1.54, 1.807) is 6.07 Å². The molecule has 0 aliphatic carbocycles. The Labute approximate surface area is 149 Å². The van der Waals surface area contributed by atoms with E-state index in [-0.39, 0.29) is 5.91 Å². The van der Waals surface area contributed by atoms with Crippen molar-refractivity contribution in [3.8, 4) is 0 Å². The lowest BCUT2D eigenvalue weighted by molar-refractivity contribution is 0.102. The Hall–Kier alpha value is -2.14. The molecule has 25 heavy (non-hydrogen) atoms. The summed E-state index contributed by atoms with van der Waals surface area (Å²) in [5.74, 6) is -0.152. The van der Waals surface area contributed by atoms with Crippen molar-refractivity contribution < 1.29 is 4.79 Å². The van der Waals surface area contributed by atoms with Gasteiger partial charge in [0.2, 0.25) is 0 Å². The van der Waals surface area contributed by atoms with Gasteiger partial charge in [-0.3, -0.25) is 9.48 Å². The molecule has 2 aromatic rings. The summed E-state index contributed by atoms with van der Waals surface area (Å²) in [6.45, 7) is 4.20. The molecule has 0 spiro atoms. The number of aryl methyl sites for hydroxylation is 1. The van der Waals surface area contributed by atoms with Crippen molar-refractivity contribution in [1.29, 1.82) is 0 Å². The van der Waals surface area contributed by atoms with E-state index < -0.39 is 0 Å². The SMILES string of the molecule is CCCCCc1ccc(NC(=O)c2ccn(C3CCCNC3)n2)cc1. The Kier molecular flexibility index (Phi) is 6.23. The summed E-state index contributed by atoms with van der Waals surface area (Å²) in [6, 6.07) is 10.3. The van der Waals surface area contributed by atoms with Gasteiger partial charge in [0.25, 0.3) is 5.91 Å². The van der Waals surface area contributed by atoms with E-state index in [1.807, 2.05) is 23.0 Å². The van der Waals surface area contributed by atoms with E-state index in [4.69, 9.17) is 0 Å². The molecular weight excluding hydrogens is 312 g/mol. The first-order chi connectivity index (χ1) is 12.3. The molecule has 5 heteroatoms. The second kappa shape index (κ2) is 8.81. The van der Waals surface area contributed by atoms with Crippen LogP contribution in [0.1, 0.15) is 61.1 Å². The van der Waals surface area contributed by atoms with Crippen LogP contribution < -0.4 is 10.6 Å². The number of amides is 1. The molecule has 1 aromatic heterocycles. The Bertz CT molecular complexity index is 671. The average molecular weight is 340 g/mol. The van der Waals surface area contributed by atoms with Gasteiger partial charge in [-0.05, 0) is 56.0 Å². The number of rotatable bonds is 7. The monoisotopic (exact) mass is 340 g/mol. The number of nitrogens with one attached hydrogen (secondary N) is 2. The Morgan fingerprint density at radius 3 is 2.84 bits per heavy atom. The first kappa shape index (κ1) is 17.7. The fourth-order valence-corrected chi connectivity index (χ4v) is 3.25. The molecule has 1 atom stereocenters. The van der Waals surface area contributed by atoms with E-state index in [2.05, 4.69) is 34.8 Å². The molecule has 1 aromatic carbocycles. The quantitative estimate of drug-likeness (QED) is 0.754. The van der Waals surface area contributed by atoms with Crippen LogP contribution in [0.5, 0.6) is 0 Å². The highest BCUT2D eigenvalue weighted by Gasteiger charge is 2.17. The number of carbonyl (C=O) groups is 1.